The lowest BCUT2D eigenvalue weighted by molar-refractivity contribution is -0.132. The number of nitrogen functional groups attached to an aromatic ring is 3. The summed E-state index contributed by atoms with van der Waals surface area (Å²) in [6, 6.07) is 5.20. The molecule has 0 unspecified atom stereocenters. The topological polar surface area (TPSA) is 541 Å². The number of halogens is 7. The second-order valence-corrected chi connectivity index (χ2v) is 26.0. The molecule has 0 spiro atoms. The van der Waals surface area contributed by atoms with Gasteiger partial charge in [0.25, 0.3) is 11.1 Å². The lowest BCUT2D eigenvalue weighted by Gasteiger charge is -2.29. The van der Waals surface area contributed by atoms with Crippen LogP contribution < -0.4 is 56.8 Å². The molecule has 5 aromatic heterocycles. The first-order valence-electron chi connectivity index (χ1n) is 30.1. The molecule has 98 heavy (non-hydrogen) atoms. The summed E-state index contributed by atoms with van der Waals surface area (Å²) in [5.74, 6) is -1.56. The molecule has 5 aliphatic rings. The average Bonchev–Trinajstić information content (AvgIpc) is 1.65. The van der Waals surface area contributed by atoms with E-state index in [2.05, 4.69) is 24.9 Å². The van der Waals surface area contributed by atoms with Gasteiger partial charge in [-0.25, -0.2) is 28.4 Å². The molecular weight excluding hydrogens is 1440 g/mol. The predicted octanol–water partition coefficient (Wildman–Crippen LogP) is -2.51. The van der Waals surface area contributed by atoms with E-state index in [1.54, 1.807) is 13.8 Å². The van der Waals surface area contributed by atoms with Gasteiger partial charge in [-0.05, 0) is 37.8 Å². The van der Waals surface area contributed by atoms with E-state index in [-0.39, 0.29) is 30.7 Å². The fourth-order valence-electron chi connectivity index (χ4n) is 11.3. The molecule has 10 rings (SSSR count). The van der Waals surface area contributed by atoms with Crippen LogP contribution in [0.15, 0.2) is 88.8 Å². The van der Waals surface area contributed by atoms with Crippen molar-refractivity contribution in [2.45, 2.75) is 183 Å². The van der Waals surface area contributed by atoms with E-state index in [1.807, 2.05) is 13.8 Å². The van der Waals surface area contributed by atoms with Crippen LogP contribution >= 0.6 is 69.6 Å². The molecule has 42 heteroatoms. The van der Waals surface area contributed by atoms with Crippen molar-refractivity contribution in [3.8, 4) is 0 Å². The highest BCUT2D eigenvalue weighted by atomic mass is 35.5. The molecule has 35 nitrogen and oxygen atoms in total. The maximum atomic E-state index is 13.4. The Balaban J connectivity index is 0.000000193. The van der Waals surface area contributed by atoms with Crippen molar-refractivity contribution in [3.05, 3.63) is 134 Å². The largest absolute Gasteiger partial charge is 0.393 e. The van der Waals surface area contributed by atoms with Crippen molar-refractivity contribution in [3.63, 3.8) is 0 Å². The molecule has 20 atom stereocenters. The molecule has 18 N–H and O–H groups in total. The van der Waals surface area contributed by atoms with E-state index in [4.69, 9.17) is 110 Å². The number of hydrogen-bond donors (Lipinski definition) is 15. The number of H-pyrrole nitrogens is 2. The monoisotopic (exact) mass is 1510 g/mol. The number of nitrogens with two attached hydrogens (primary N) is 3. The number of nitrogens with one attached hydrogen (secondary N) is 2. The summed E-state index contributed by atoms with van der Waals surface area (Å²) in [6.07, 6.45) is -1.66. The Morgan fingerprint density at radius 2 is 0.745 bits per heavy atom. The van der Waals surface area contributed by atoms with Crippen LogP contribution in [0.3, 0.4) is 0 Å². The maximum Gasteiger partial charge on any atom is 0.351 e. The molecule has 0 aromatic carbocycles. The molecule has 0 amide bonds. The van der Waals surface area contributed by atoms with E-state index in [0.29, 0.717) is 38.5 Å². The molecule has 5 fully saturated rings. The number of aliphatic hydroxyl groups is 10. The van der Waals surface area contributed by atoms with Crippen LogP contribution in [0.25, 0.3) is 0 Å². The van der Waals surface area contributed by atoms with Crippen molar-refractivity contribution in [2.75, 3.05) is 56.1 Å². The molecule has 5 aliphatic heterocycles. The minimum absolute atomic E-state index is 0.0924. The Bertz CT molecular complexity index is 3920. The average molecular weight is 1520 g/mol. The lowest BCUT2D eigenvalue weighted by Crippen LogP contribution is -2.47. The highest BCUT2D eigenvalue weighted by molar-refractivity contribution is 6.23. The van der Waals surface area contributed by atoms with Crippen molar-refractivity contribution >= 4 is 87.1 Å². The third kappa shape index (κ3) is 16.5. The molecular formula is C56H78Cl6FN13O22. The smallest absolute Gasteiger partial charge is 0.351 e. The van der Waals surface area contributed by atoms with E-state index in [0.717, 1.165) is 30.5 Å². The number of ether oxygens (including phenoxy) is 5. The first-order chi connectivity index (χ1) is 46.1. The number of aromatic nitrogens is 10. The lowest BCUT2D eigenvalue weighted by atomic mass is 9.92. The SMILES string of the molecule is CCC[C@]1(CO)O[C@@H](n2ccc(=O)[nH]c2=O)[C@H](Cl)[C@@H]1O.CCC[C@]1(CO)O[C@@H](n2ccc(N)nc2=O)[C@H](Cl)[C@@H]1O.CC[C@]1(CO)O[C@@H](n2ccc(=O)[nH]c2=O)[C@H](Cl)[C@@H]1O.CC[C@]1(CO)O[C@@H](n2ccc(N)nc2=O)[C@H](Cl)[C@@H]1O.Nc1nc(=O)n([C@@H]2O[C@@](CO)(CCl)[C@@H](O)[C@H]2Cl)cc1F. The number of nitrogens with zero attached hydrogens (tertiary/aromatic N) is 8. The summed E-state index contributed by atoms with van der Waals surface area (Å²) < 4.78 is 46.7. The Hall–Kier alpha value is -5.53. The quantitative estimate of drug-likeness (QED) is 0.0428. The van der Waals surface area contributed by atoms with Crippen LogP contribution in [0.5, 0.6) is 0 Å². The minimum atomic E-state index is -1.53. The van der Waals surface area contributed by atoms with Gasteiger partial charge in [-0.15, -0.1) is 69.6 Å². The summed E-state index contributed by atoms with van der Waals surface area (Å²) in [6.45, 7) is 5.09. The van der Waals surface area contributed by atoms with Gasteiger partial charge in [0.15, 0.2) is 42.8 Å². The van der Waals surface area contributed by atoms with Crippen molar-refractivity contribution < 1.29 is 79.1 Å². The van der Waals surface area contributed by atoms with Gasteiger partial charge in [-0.3, -0.25) is 42.4 Å². The van der Waals surface area contributed by atoms with Crippen molar-refractivity contribution in [1.82, 2.24) is 47.8 Å². The van der Waals surface area contributed by atoms with Crippen LogP contribution in [0.2, 0.25) is 0 Å². The van der Waals surface area contributed by atoms with Crippen LogP contribution in [0, 0.1) is 5.82 Å². The number of aromatic amines is 2. The number of aliphatic hydroxyl groups excluding tert-OH is 10. The van der Waals surface area contributed by atoms with Crippen LogP contribution in [0.1, 0.15) is 97.4 Å². The maximum absolute atomic E-state index is 13.4. The fraction of sp³-hybridized carbons (Fsp3) is 0.643. The Morgan fingerprint density at radius 1 is 0.459 bits per heavy atom. The molecule has 0 saturated carbocycles. The first kappa shape index (κ1) is 81.4. The van der Waals surface area contributed by atoms with Crippen LogP contribution in [0.4, 0.5) is 21.8 Å². The zero-order valence-corrected chi connectivity index (χ0v) is 57.2. The van der Waals surface area contributed by atoms with Gasteiger partial charge < -0.3 is 92.0 Å². The van der Waals surface area contributed by atoms with Crippen LogP contribution in [-0.4, -0.2) is 223 Å². The van der Waals surface area contributed by atoms with Crippen molar-refractivity contribution in [1.29, 1.82) is 0 Å². The predicted molar refractivity (Wildman–Crippen MR) is 350 cm³/mol. The summed E-state index contributed by atoms with van der Waals surface area (Å²) in [7, 11) is 0. The molecule has 548 valence electrons. The van der Waals surface area contributed by atoms with Crippen LogP contribution in [-0.2, 0) is 23.7 Å². The molecule has 5 aromatic rings. The van der Waals surface area contributed by atoms with Gasteiger partial charge in [0.2, 0.25) is 0 Å². The molecule has 5 saturated heterocycles. The fourth-order valence-corrected chi connectivity index (χ4v) is 13.6. The Labute approximate surface area is 584 Å². The Kier molecular flexibility index (Phi) is 28.2. The first-order valence-corrected chi connectivity index (χ1v) is 32.8. The second-order valence-electron chi connectivity index (χ2n) is 23.2. The van der Waals surface area contributed by atoms with E-state index < -0.39 is 188 Å². The third-order valence-corrected chi connectivity index (χ3v) is 19.9. The summed E-state index contributed by atoms with van der Waals surface area (Å²) >= 11 is 36.2. The summed E-state index contributed by atoms with van der Waals surface area (Å²) in [4.78, 5) is 95.4. The molecule has 10 heterocycles. The molecule has 0 aliphatic carbocycles. The zero-order valence-electron chi connectivity index (χ0n) is 52.7. The highest BCUT2D eigenvalue weighted by Gasteiger charge is 2.58. The highest BCUT2D eigenvalue weighted by Crippen LogP contribution is 2.46. The summed E-state index contributed by atoms with van der Waals surface area (Å²) in [5.41, 5.74) is 5.21. The van der Waals surface area contributed by atoms with Gasteiger partial charge in [-0.1, -0.05) is 40.5 Å². The standard InChI is InChI=1S/C12H18ClN3O4.C12H17ClN2O5.C11H16ClN3O4.C11H15ClN2O5.C10H12Cl2FN3O4/c1-2-4-12(6-17)9(18)8(13)10(20-12)16-5-3-7(14)15-11(16)19;1-2-4-12(6-16)9(18)8(13)10(20-12)15-5-3-7(17)14-11(15)19;1-2-11(5-16)8(17)7(12)9(19-11)15-4-3-6(13)14-10(15)18;1-2-11(5-15)8(17)7(12)9(19-11)14-4-3-6(16)13-10(14)18;11-2-10(3-17)6(18)5(12)8(20-10)16-1-4(13)7(14)15-9(16)19/h3,5,8-10,17-18H,2,4,6H2,1H3,(H2,14,15,19);3,5,8-10,16,18H,2,4,6H2,1H3,(H,14,17,19);3-4,7-9,16-17H,2,5H2,1H3,(H2,13,14,18);3-4,7-9,15,17H,2,5H2,1H3,(H,13,16,18);1,5-6,8,17-18H,2-3H2,(H2,14,15,19)/t2*8-,9+,10-,12-;2*7-,8+,9-,11-;5-,6+,8-,10-/m11111/s1. The second kappa shape index (κ2) is 34.0. The van der Waals surface area contributed by atoms with Gasteiger partial charge in [0.05, 0.1) is 45.1 Å². The third-order valence-electron chi connectivity index (χ3n) is 17.2. The number of hydrogen-bond acceptors (Lipinski definition) is 28. The molecule has 0 bridgehead atoms. The van der Waals surface area contributed by atoms with E-state index >= 15 is 0 Å². The van der Waals surface area contributed by atoms with Gasteiger partial charge >= 0.3 is 28.4 Å². The minimum Gasteiger partial charge on any atom is -0.393 e. The van der Waals surface area contributed by atoms with Crippen molar-refractivity contribution in [2.24, 2.45) is 0 Å². The summed E-state index contributed by atoms with van der Waals surface area (Å²) in [5, 5.41) is 93.2. The van der Waals surface area contributed by atoms with E-state index in [9.17, 15) is 89.0 Å². The van der Waals surface area contributed by atoms with E-state index in [1.165, 1.54) is 47.6 Å². The van der Waals surface area contributed by atoms with Gasteiger partial charge in [0, 0.05) is 36.9 Å². The number of rotatable bonds is 17. The Morgan fingerprint density at radius 3 is 1.03 bits per heavy atom. The van der Waals surface area contributed by atoms with Gasteiger partial charge in [0.1, 0.15) is 97.0 Å². The van der Waals surface area contributed by atoms with Gasteiger partial charge in [-0.2, -0.15) is 15.0 Å². The molecule has 0 radical (unpaired) electrons. The normalized spacial score (nSPS) is 33.9. The zero-order chi connectivity index (χ0) is 73.3. The number of anilines is 3. The number of alkyl halides is 6.